The van der Waals surface area contributed by atoms with E-state index in [1.54, 1.807) is 23.1 Å². The van der Waals surface area contributed by atoms with E-state index in [1.165, 1.54) is 16.9 Å². The summed E-state index contributed by atoms with van der Waals surface area (Å²) in [6.45, 7) is 6.18. The number of amidine groups is 1. The largest absolute Gasteiger partial charge is 0.426 e. The van der Waals surface area contributed by atoms with Gasteiger partial charge < -0.3 is 10.1 Å². The maximum absolute atomic E-state index is 8.08. The second-order valence-corrected chi connectivity index (χ2v) is 11.0. The topological polar surface area (TPSA) is 109 Å². The molecule has 0 aliphatic heterocycles. The molecular formula is C23H25N7OS3. The monoisotopic (exact) mass is 511 g/mol. The third-order valence-electron chi connectivity index (χ3n) is 4.67. The average molecular weight is 512 g/mol. The zero-order chi connectivity index (χ0) is 23.9. The molecule has 34 heavy (non-hydrogen) atoms. The van der Waals surface area contributed by atoms with Gasteiger partial charge in [0.2, 0.25) is 10.3 Å². The number of benzene rings is 2. The fourth-order valence-corrected chi connectivity index (χ4v) is 5.83. The number of hydrogen-bond acceptors (Lipinski definition) is 10. The summed E-state index contributed by atoms with van der Waals surface area (Å²) in [5.74, 6) is 1.53. The van der Waals surface area contributed by atoms with Gasteiger partial charge >= 0.3 is 0 Å². The van der Waals surface area contributed by atoms with Gasteiger partial charge in [-0.1, -0.05) is 65.0 Å². The third kappa shape index (κ3) is 6.75. The minimum atomic E-state index is -0.0952. The molecule has 0 radical (unpaired) electrons. The third-order valence-corrected chi connectivity index (χ3v) is 7.76. The SMILES string of the molecule is CCSC(Cc1nnc(Nc2ccc(C)cc2)s1)c1nnc(NC(=N)Oc2ccc(C)cc2)s1. The first kappa shape index (κ1) is 24.1. The Kier molecular flexibility index (Phi) is 8.09. The lowest BCUT2D eigenvalue weighted by Gasteiger charge is -2.10. The van der Waals surface area contributed by atoms with Gasteiger partial charge in [0, 0.05) is 12.1 Å². The fraction of sp³-hybridized carbons (Fsp3) is 0.261. The summed E-state index contributed by atoms with van der Waals surface area (Å²) in [5.41, 5.74) is 3.34. The molecule has 0 bridgehead atoms. The molecule has 8 nitrogen and oxygen atoms in total. The number of thioether (sulfide) groups is 1. The normalized spacial score (nSPS) is 11.7. The average Bonchev–Trinajstić information content (AvgIpc) is 3.46. The summed E-state index contributed by atoms with van der Waals surface area (Å²) in [6.07, 6.45) is 0.706. The molecule has 4 rings (SSSR count). The maximum atomic E-state index is 8.08. The minimum Gasteiger partial charge on any atom is -0.426 e. The molecule has 0 aliphatic carbocycles. The summed E-state index contributed by atoms with van der Waals surface area (Å²) in [5, 5.41) is 34.7. The lowest BCUT2D eigenvalue weighted by molar-refractivity contribution is 0.544. The molecule has 1 atom stereocenters. The highest BCUT2D eigenvalue weighted by atomic mass is 32.2. The van der Waals surface area contributed by atoms with Crippen molar-refractivity contribution in [3.05, 3.63) is 69.7 Å². The number of ether oxygens (including phenoxy) is 1. The van der Waals surface area contributed by atoms with E-state index in [0.29, 0.717) is 17.3 Å². The van der Waals surface area contributed by atoms with Crippen LogP contribution in [0.4, 0.5) is 16.0 Å². The first-order valence-electron chi connectivity index (χ1n) is 10.7. The van der Waals surface area contributed by atoms with E-state index >= 15 is 0 Å². The van der Waals surface area contributed by atoms with Crippen LogP contribution in [0.25, 0.3) is 0 Å². The second-order valence-electron chi connectivity index (χ2n) is 7.45. The van der Waals surface area contributed by atoms with Crippen LogP contribution in [0.2, 0.25) is 0 Å². The van der Waals surface area contributed by atoms with Crippen LogP contribution in [0.1, 0.15) is 33.3 Å². The Balaban J connectivity index is 1.37. The van der Waals surface area contributed by atoms with Crippen LogP contribution >= 0.6 is 34.4 Å². The summed E-state index contributed by atoms with van der Waals surface area (Å²) < 4.78 is 5.53. The van der Waals surface area contributed by atoms with Gasteiger partial charge in [0.25, 0.3) is 6.02 Å². The molecule has 4 aromatic rings. The first-order chi connectivity index (χ1) is 16.5. The van der Waals surface area contributed by atoms with E-state index in [1.807, 2.05) is 43.3 Å². The van der Waals surface area contributed by atoms with Crippen LogP contribution in [-0.4, -0.2) is 32.2 Å². The van der Waals surface area contributed by atoms with Crippen molar-refractivity contribution in [1.29, 1.82) is 5.41 Å². The summed E-state index contributed by atoms with van der Waals surface area (Å²) in [6, 6.07) is 15.6. The zero-order valence-electron chi connectivity index (χ0n) is 19.0. The molecule has 0 amide bonds. The zero-order valence-corrected chi connectivity index (χ0v) is 21.5. The molecule has 2 aromatic carbocycles. The van der Waals surface area contributed by atoms with E-state index in [9.17, 15) is 0 Å². The Morgan fingerprint density at radius 1 is 0.941 bits per heavy atom. The molecule has 0 saturated carbocycles. The van der Waals surface area contributed by atoms with E-state index in [0.717, 1.165) is 32.2 Å². The van der Waals surface area contributed by atoms with Crippen molar-refractivity contribution >= 4 is 56.4 Å². The van der Waals surface area contributed by atoms with Crippen molar-refractivity contribution in [2.24, 2.45) is 0 Å². The van der Waals surface area contributed by atoms with E-state index < -0.39 is 0 Å². The molecule has 11 heteroatoms. The molecule has 3 N–H and O–H groups in total. The fourth-order valence-electron chi connectivity index (χ4n) is 2.99. The van der Waals surface area contributed by atoms with Gasteiger partial charge in [0.05, 0.1) is 5.25 Å². The van der Waals surface area contributed by atoms with Gasteiger partial charge in [0.1, 0.15) is 15.8 Å². The van der Waals surface area contributed by atoms with Crippen molar-refractivity contribution in [1.82, 2.24) is 20.4 Å². The first-order valence-corrected chi connectivity index (χ1v) is 13.4. The number of nitrogens with zero attached hydrogens (tertiary/aromatic N) is 4. The van der Waals surface area contributed by atoms with Gasteiger partial charge in [-0.05, 0) is 43.9 Å². The van der Waals surface area contributed by atoms with E-state index in [2.05, 4.69) is 57.0 Å². The number of anilines is 3. The van der Waals surface area contributed by atoms with Crippen molar-refractivity contribution in [2.45, 2.75) is 32.4 Å². The number of hydrogen-bond donors (Lipinski definition) is 3. The smallest absolute Gasteiger partial charge is 0.293 e. The summed E-state index contributed by atoms with van der Waals surface area (Å²) in [7, 11) is 0. The maximum Gasteiger partial charge on any atom is 0.293 e. The minimum absolute atomic E-state index is 0.0952. The van der Waals surface area contributed by atoms with Gasteiger partial charge in [-0.25, -0.2) is 0 Å². The van der Waals surface area contributed by atoms with Crippen molar-refractivity contribution in [3.8, 4) is 5.75 Å². The van der Waals surface area contributed by atoms with Crippen molar-refractivity contribution < 1.29 is 4.74 Å². The molecule has 176 valence electrons. The number of rotatable bonds is 9. The van der Waals surface area contributed by atoms with Gasteiger partial charge in [-0.3, -0.25) is 10.7 Å². The Bertz CT molecular complexity index is 1220. The molecule has 0 fully saturated rings. The number of aromatic nitrogens is 4. The van der Waals surface area contributed by atoms with Crippen molar-refractivity contribution in [2.75, 3.05) is 16.4 Å². The predicted octanol–water partition coefficient (Wildman–Crippen LogP) is 6.21. The van der Waals surface area contributed by atoms with Crippen LogP contribution in [0.5, 0.6) is 5.75 Å². The summed E-state index contributed by atoms with van der Waals surface area (Å²) >= 11 is 4.75. The highest BCUT2D eigenvalue weighted by molar-refractivity contribution is 7.99. The molecule has 0 spiro atoms. The quantitative estimate of drug-likeness (QED) is 0.180. The van der Waals surface area contributed by atoms with Crippen molar-refractivity contribution in [3.63, 3.8) is 0 Å². The van der Waals surface area contributed by atoms with Crippen LogP contribution in [0.3, 0.4) is 0 Å². The molecule has 1 unspecified atom stereocenters. The predicted molar refractivity (Wildman–Crippen MR) is 142 cm³/mol. The Labute approximate surface area is 210 Å². The van der Waals surface area contributed by atoms with Crippen LogP contribution in [-0.2, 0) is 6.42 Å². The molecular weight excluding hydrogens is 487 g/mol. The highest BCUT2D eigenvalue weighted by Crippen LogP contribution is 2.36. The molecule has 0 saturated heterocycles. The van der Waals surface area contributed by atoms with Crippen LogP contribution in [0, 0.1) is 19.3 Å². The van der Waals surface area contributed by atoms with Gasteiger partial charge in [0.15, 0.2) is 0 Å². The Morgan fingerprint density at radius 2 is 1.62 bits per heavy atom. The molecule has 0 aliphatic rings. The standard InChI is InChI=1S/C23H25N7OS3/c1-4-32-18(13-19-27-29-22(33-19)25-16-9-5-14(2)6-10-16)20-28-30-23(34-20)26-21(24)31-17-11-7-15(3)8-12-17/h5-12,18H,4,13H2,1-3H3,(H,25,29)(H2,24,26,30). The van der Waals surface area contributed by atoms with E-state index in [4.69, 9.17) is 10.1 Å². The lowest BCUT2D eigenvalue weighted by atomic mass is 10.2. The Hall–Kier alpha value is -3.02. The van der Waals surface area contributed by atoms with Crippen LogP contribution < -0.4 is 15.4 Å². The second kappa shape index (κ2) is 11.4. The number of nitrogens with one attached hydrogen (secondary N) is 3. The van der Waals surface area contributed by atoms with Crippen LogP contribution in [0.15, 0.2) is 48.5 Å². The molecule has 2 aromatic heterocycles. The van der Waals surface area contributed by atoms with Gasteiger partial charge in [-0.15, -0.1) is 20.4 Å². The number of aryl methyl sites for hydroxylation is 2. The molecule has 2 heterocycles. The van der Waals surface area contributed by atoms with E-state index in [-0.39, 0.29) is 11.3 Å². The Morgan fingerprint density at radius 3 is 2.32 bits per heavy atom. The lowest BCUT2D eigenvalue weighted by Crippen LogP contribution is -2.17. The van der Waals surface area contributed by atoms with Gasteiger partial charge in [-0.2, -0.15) is 11.8 Å². The summed E-state index contributed by atoms with van der Waals surface area (Å²) in [4.78, 5) is 0. The highest BCUT2D eigenvalue weighted by Gasteiger charge is 2.20.